The Hall–Kier alpha value is -8.70. The number of ether oxygens (including phenoxy) is 2. The van der Waals surface area contributed by atoms with Gasteiger partial charge in [-0.05, 0) is 75.3 Å². The molecule has 10 aromatic rings. The number of aromatic amines is 2. The minimum Gasteiger partial charge on any atom is -0.464 e. The van der Waals surface area contributed by atoms with Crippen molar-refractivity contribution in [3.8, 4) is 32.8 Å². The minimum atomic E-state index is -4.20. The number of carbonyl (C=O) groups is 2. The highest BCUT2D eigenvalue weighted by molar-refractivity contribution is 7.92. The summed E-state index contributed by atoms with van der Waals surface area (Å²) in [5.74, 6) is -0.372. The molecule has 0 aliphatic rings. The first kappa shape index (κ1) is 49.9. The third-order valence-electron chi connectivity index (χ3n) is 11.5. The summed E-state index contributed by atoms with van der Waals surface area (Å²) in [7, 11) is -6.90. The van der Waals surface area contributed by atoms with Crippen LogP contribution < -0.4 is 9.86 Å². The minimum absolute atomic E-state index is 0.0150. The number of rotatable bonds is 19. The second-order valence-corrected chi connectivity index (χ2v) is 21.3. The van der Waals surface area contributed by atoms with Crippen LogP contribution in [0.25, 0.3) is 32.8 Å². The van der Waals surface area contributed by atoms with Crippen molar-refractivity contribution in [3.05, 3.63) is 171 Å². The Labute approximate surface area is 434 Å². The maximum absolute atomic E-state index is 14.2. The summed E-state index contributed by atoms with van der Waals surface area (Å²) < 4.78 is 68.8. The smallest absolute Gasteiger partial charge is 0.357 e. The molecule has 0 unspecified atom stereocenters. The lowest BCUT2D eigenvalue weighted by atomic mass is 9.97. The maximum atomic E-state index is 14.2. The SMILES string of the molecule is CCOC(=O)c1csc(-n2nc(-c3cccc(NS(=O)(=O)c4ccc(Cc5c(-c6ccccc6)nn(-c6nc(C(=O)OC)cs6)c5Cc5nnn[nH]5)cc4)c3)c(Cc3ccc(S(N)(=O)=O)cc3)c2Cc2nnn[nH]2)n1. The summed E-state index contributed by atoms with van der Waals surface area (Å²) in [6.07, 6.45) is 0.824. The van der Waals surface area contributed by atoms with E-state index in [2.05, 4.69) is 55.9 Å². The molecule has 0 atom stereocenters. The number of anilines is 1. The fourth-order valence-electron chi connectivity index (χ4n) is 8.06. The predicted molar refractivity (Wildman–Crippen MR) is 271 cm³/mol. The lowest BCUT2D eigenvalue weighted by molar-refractivity contribution is 0.0519. The first-order valence-corrected chi connectivity index (χ1v) is 27.3. The highest BCUT2D eigenvalue weighted by Crippen LogP contribution is 2.35. The molecule has 28 heteroatoms. The molecular weight excluding hydrogens is 1040 g/mol. The maximum Gasteiger partial charge on any atom is 0.357 e. The second-order valence-electron chi connectivity index (χ2n) is 16.4. The zero-order valence-corrected chi connectivity index (χ0v) is 42.6. The summed E-state index contributed by atoms with van der Waals surface area (Å²) in [4.78, 5) is 34.1. The van der Waals surface area contributed by atoms with Crippen LogP contribution in [0.3, 0.4) is 0 Å². The van der Waals surface area contributed by atoms with E-state index in [9.17, 15) is 26.4 Å². The van der Waals surface area contributed by atoms with Crippen molar-refractivity contribution in [2.45, 2.75) is 42.4 Å². The van der Waals surface area contributed by atoms with Crippen LogP contribution in [-0.2, 0) is 55.2 Å². The number of sulfonamides is 2. The number of tetrazole rings is 2. The lowest BCUT2D eigenvalue weighted by Crippen LogP contribution is -2.13. The molecule has 0 fully saturated rings. The topological polar surface area (TPSA) is 329 Å². The molecule has 75 heavy (non-hydrogen) atoms. The van der Waals surface area contributed by atoms with Crippen LogP contribution in [0.5, 0.6) is 0 Å². The largest absolute Gasteiger partial charge is 0.464 e. The molecule has 5 N–H and O–H groups in total. The van der Waals surface area contributed by atoms with Crippen LogP contribution in [0, 0.1) is 0 Å². The van der Waals surface area contributed by atoms with Crippen LogP contribution in [-0.4, -0.2) is 113 Å². The number of nitrogens with one attached hydrogen (secondary N) is 3. The summed E-state index contributed by atoms with van der Waals surface area (Å²) >= 11 is 2.36. The van der Waals surface area contributed by atoms with Gasteiger partial charge in [0.15, 0.2) is 23.0 Å². The van der Waals surface area contributed by atoms with Crippen LogP contribution in [0.2, 0.25) is 0 Å². The van der Waals surface area contributed by atoms with Crippen LogP contribution in [0.15, 0.2) is 124 Å². The molecule has 4 aromatic carbocycles. The van der Waals surface area contributed by atoms with E-state index < -0.39 is 32.0 Å². The fraction of sp³-hybridized carbons (Fsp3) is 0.149. The van der Waals surface area contributed by atoms with E-state index in [1.54, 1.807) is 75.6 Å². The van der Waals surface area contributed by atoms with Gasteiger partial charge in [0.2, 0.25) is 20.3 Å². The number of methoxy groups -OCH3 is 1. The van der Waals surface area contributed by atoms with Gasteiger partial charge in [-0.3, -0.25) is 4.72 Å². The number of H-pyrrole nitrogens is 2. The number of esters is 2. The Kier molecular flexibility index (Phi) is 14.0. The first-order valence-electron chi connectivity index (χ1n) is 22.5. The van der Waals surface area contributed by atoms with Crippen LogP contribution in [0.4, 0.5) is 5.69 Å². The Bertz CT molecular complexity index is 3900. The second kappa shape index (κ2) is 21.0. The van der Waals surface area contributed by atoms with Crippen molar-refractivity contribution in [2.75, 3.05) is 18.4 Å². The normalized spacial score (nSPS) is 11.7. The van der Waals surface area contributed by atoms with E-state index >= 15 is 0 Å². The Morgan fingerprint density at radius 2 is 1.17 bits per heavy atom. The molecule has 6 aromatic heterocycles. The van der Waals surface area contributed by atoms with Crippen molar-refractivity contribution < 1.29 is 35.9 Å². The molecule has 380 valence electrons. The van der Waals surface area contributed by atoms with Crippen molar-refractivity contribution >= 4 is 60.3 Å². The summed E-state index contributed by atoms with van der Waals surface area (Å²) in [5, 5.41) is 48.1. The molecule has 24 nitrogen and oxygen atoms in total. The van der Waals surface area contributed by atoms with Gasteiger partial charge in [0.25, 0.3) is 10.0 Å². The number of benzene rings is 4. The van der Waals surface area contributed by atoms with Gasteiger partial charge < -0.3 is 9.47 Å². The zero-order chi connectivity index (χ0) is 52.3. The van der Waals surface area contributed by atoms with Gasteiger partial charge in [-0.2, -0.15) is 10.2 Å². The summed E-state index contributed by atoms with van der Waals surface area (Å²) in [6, 6.07) is 28.8. The standard InChI is InChI=1S/C47H40N16O8S4/c1-3-71-45(65)37-26-73-47(50-37)63-39(24-41-53-60-61-54-41)35(21-27-12-16-32(17-13-27)74(48,66)67)43(56-63)30-10-7-11-31(22-30)57-75(68,69)33-18-14-28(15-19-33)20-34-38(23-40-51-58-59-52-40)62(46-49-36(25-72-46)44(64)70-2)55-42(34)29-8-5-4-6-9-29/h4-19,22,25-26,57H,3,20-21,23-24H2,1-2H3,(H2,48,66,67)(H,51,52,58,59)(H,53,54,60,61). The highest BCUT2D eigenvalue weighted by atomic mass is 32.2. The molecule has 6 heterocycles. The molecule has 0 saturated carbocycles. The van der Waals surface area contributed by atoms with Gasteiger partial charge in [-0.1, -0.05) is 66.7 Å². The zero-order valence-electron chi connectivity index (χ0n) is 39.3. The Morgan fingerprint density at radius 3 is 1.68 bits per heavy atom. The highest BCUT2D eigenvalue weighted by Gasteiger charge is 2.27. The van der Waals surface area contributed by atoms with E-state index in [-0.39, 0.29) is 52.7 Å². The monoisotopic (exact) mass is 1080 g/mol. The number of thiazole rings is 2. The number of primary sulfonamides is 1. The number of aromatic nitrogens is 14. The van der Waals surface area contributed by atoms with Crippen LogP contribution >= 0.6 is 22.7 Å². The molecule has 0 aliphatic heterocycles. The molecule has 0 saturated heterocycles. The lowest BCUT2D eigenvalue weighted by Gasteiger charge is -2.12. The van der Waals surface area contributed by atoms with Crippen molar-refractivity contribution in [1.29, 1.82) is 0 Å². The number of nitrogens with two attached hydrogens (primary N) is 1. The van der Waals surface area contributed by atoms with Gasteiger partial charge in [-0.15, -0.1) is 32.9 Å². The Morgan fingerprint density at radius 1 is 0.653 bits per heavy atom. The van der Waals surface area contributed by atoms with Gasteiger partial charge >= 0.3 is 11.9 Å². The van der Waals surface area contributed by atoms with Gasteiger partial charge in [-0.25, -0.2) is 61.1 Å². The van der Waals surface area contributed by atoms with Gasteiger partial charge in [0, 0.05) is 51.5 Å². The molecule has 10 rings (SSSR count). The van der Waals surface area contributed by atoms with E-state index in [4.69, 9.17) is 24.8 Å². The molecule has 0 aliphatic carbocycles. The number of carbonyl (C=O) groups excluding carboxylic acids is 2. The van der Waals surface area contributed by atoms with Gasteiger partial charge in [0.1, 0.15) is 0 Å². The number of hydrogen-bond donors (Lipinski definition) is 4. The Balaban J connectivity index is 0.985. The van der Waals surface area contributed by atoms with Gasteiger partial charge in [0.05, 0.1) is 59.1 Å². The average molecular weight is 1090 g/mol. The average Bonchev–Trinajstić information content (AvgIpc) is 4.30. The molecular formula is C47H40N16O8S4. The summed E-state index contributed by atoms with van der Waals surface area (Å²) in [5.41, 5.74) is 6.91. The fourth-order valence-corrected chi connectivity index (χ4v) is 11.2. The number of hydrogen-bond acceptors (Lipinski definition) is 20. The van der Waals surface area contributed by atoms with E-state index in [0.717, 1.165) is 28.0 Å². The predicted octanol–water partition coefficient (Wildman–Crippen LogP) is 5.11. The molecule has 0 bridgehead atoms. The summed E-state index contributed by atoms with van der Waals surface area (Å²) in [6.45, 7) is 1.84. The van der Waals surface area contributed by atoms with Crippen molar-refractivity contribution in [3.63, 3.8) is 0 Å². The third kappa shape index (κ3) is 10.8. The molecule has 0 spiro atoms. The quantitative estimate of drug-likeness (QED) is 0.0765. The third-order valence-corrected chi connectivity index (χ3v) is 15.5. The van der Waals surface area contributed by atoms with E-state index in [0.29, 0.717) is 67.8 Å². The molecule has 0 amide bonds. The first-order chi connectivity index (χ1) is 36.2. The number of nitrogens with zero attached hydrogens (tertiary/aromatic N) is 12. The van der Waals surface area contributed by atoms with E-state index in [1.165, 1.54) is 42.7 Å². The molecule has 0 radical (unpaired) electrons. The van der Waals surface area contributed by atoms with Crippen molar-refractivity contribution in [1.82, 2.24) is 70.8 Å². The van der Waals surface area contributed by atoms with Crippen LogP contribution in [0.1, 0.15) is 73.2 Å². The van der Waals surface area contributed by atoms with E-state index in [1.807, 2.05) is 30.3 Å². The van der Waals surface area contributed by atoms with Crippen molar-refractivity contribution in [2.24, 2.45) is 5.14 Å².